The lowest BCUT2D eigenvalue weighted by atomic mass is 10.1. The zero-order valence-electron chi connectivity index (χ0n) is 11.0. The monoisotopic (exact) mass is 296 g/mol. The normalized spacial score (nSPS) is 11.5. The fraction of sp³-hybridized carbons (Fsp3) is 0. The maximum atomic E-state index is 10.9. The number of para-hydroxylation sites is 1. The van der Waals surface area contributed by atoms with Gasteiger partial charge in [-0.3, -0.25) is 3.96 Å². The summed E-state index contributed by atoms with van der Waals surface area (Å²) in [6, 6.07) is 19.4. The lowest BCUT2D eigenvalue weighted by Crippen LogP contribution is -2.02. The second-order valence-corrected chi connectivity index (χ2v) is 5.32. The molecule has 0 aliphatic carbocycles. The van der Waals surface area contributed by atoms with Crippen LogP contribution in [0.25, 0.3) is 16.8 Å². The van der Waals surface area contributed by atoms with Crippen LogP contribution in [0.3, 0.4) is 0 Å². The molecule has 0 unspecified atom stereocenters. The zero-order valence-corrected chi connectivity index (χ0v) is 11.8. The van der Waals surface area contributed by atoms with Crippen LogP contribution in [0.1, 0.15) is 0 Å². The average molecular weight is 296 g/mol. The molecule has 0 spiro atoms. The molecule has 1 amide bonds. The van der Waals surface area contributed by atoms with Gasteiger partial charge in [-0.2, -0.15) is 4.99 Å². The molecule has 0 bridgehead atoms. The van der Waals surface area contributed by atoms with Crippen LogP contribution in [0.5, 0.6) is 0 Å². The van der Waals surface area contributed by atoms with Gasteiger partial charge in [0.05, 0.1) is 5.69 Å². The molecule has 0 saturated carbocycles. The Balaban J connectivity index is 2.20. The fourth-order valence-corrected chi connectivity index (χ4v) is 2.99. The second kappa shape index (κ2) is 5.76. The third-order valence-corrected chi connectivity index (χ3v) is 3.95. The highest BCUT2D eigenvalue weighted by molar-refractivity contribution is 7.04. The number of aromatic nitrogens is 1. The summed E-state index contributed by atoms with van der Waals surface area (Å²) >= 11 is 1.30. The Morgan fingerprint density at radius 1 is 1.00 bits per heavy atom. The van der Waals surface area contributed by atoms with Crippen molar-refractivity contribution in [2.45, 2.75) is 0 Å². The van der Waals surface area contributed by atoms with Crippen molar-refractivity contribution >= 4 is 17.6 Å². The summed E-state index contributed by atoms with van der Waals surface area (Å²) in [5, 5.41) is 8.95. The van der Waals surface area contributed by atoms with Gasteiger partial charge in [0.1, 0.15) is 4.67 Å². The van der Waals surface area contributed by atoms with Crippen LogP contribution < -0.4 is 4.67 Å². The minimum atomic E-state index is -1.19. The highest BCUT2D eigenvalue weighted by Crippen LogP contribution is 2.20. The Hall–Kier alpha value is -2.66. The highest BCUT2D eigenvalue weighted by Gasteiger charge is 2.08. The first-order chi connectivity index (χ1) is 10.2. The Morgan fingerprint density at radius 2 is 1.62 bits per heavy atom. The van der Waals surface area contributed by atoms with E-state index in [1.807, 2.05) is 70.8 Å². The number of nitrogens with zero attached hydrogens (tertiary/aromatic N) is 2. The Morgan fingerprint density at radius 3 is 2.24 bits per heavy atom. The number of hydrogen-bond donors (Lipinski definition) is 1. The number of amides is 1. The standard InChI is InChI=1S/C16H12N2O2S/c19-16(20)17-15-14(12-7-3-1-4-8-12)11-18(21-15)13-9-5-2-6-10-13/h1-11H,(H,19,20)/b17-15-. The maximum absolute atomic E-state index is 10.9. The summed E-state index contributed by atoms with van der Waals surface area (Å²) in [6.07, 6.45) is 0.728. The molecule has 0 atom stereocenters. The molecule has 2 aromatic carbocycles. The van der Waals surface area contributed by atoms with E-state index in [1.54, 1.807) is 0 Å². The predicted molar refractivity (Wildman–Crippen MR) is 82.7 cm³/mol. The van der Waals surface area contributed by atoms with E-state index in [0.29, 0.717) is 4.67 Å². The summed E-state index contributed by atoms with van der Waals surface area (Å²) in [6.45, 7) is 0. The number of carbonyl (C=O) groups is 1. The molecule has 0 fully saturated rings. The first-order valence-electron chi connectivity index (χ1n) is 6.35. The van der Waals surface area contributed by atoms with E-state index in [9.17, 15) is 4.79 Å². The lowest BCUT2D eigenvalue weighted by Gasteiger charge is -1.99. The van der Waals surface area contributed by atoms with Gasteiger partial charge >= 0.3 is 6.09 Å². The molecule has 104 valence electrons. The summed E-state index contributed by atoms with van der Waals surface area (Å²) in [7, 11) is 0. The topological polar surface area (TPSA) is 54.6 Å². The van der Waals surface area contributed by atoms with E-state index in [-0.39, 0.29) is 0 Å². The molecule has 3 rings (SSSR count). The molecule has 1 N–H and O–H groups in total. The molecule has 21 heavy (non-hydrogen) atoms. The van der Waals surface area contributed by atoms with Crippen LogP contribution in [0.2, 0.25) is 0 Å². The molecule has 4 nitrogen and oxygen atoms in total. The Bertz CT molecular complexity index is 820. The smallest absolute Gasteiger partial charge is 0.432 e. The van der Waals surface area contributed by atoms with Crippen molar-refractivity contribution in [1.82, 2.24) is 3.96 Å². The summed E-state index contributed by atoms with van der Waals surface area (Å²) in [5.74, 6) is 0. The van der Waals surface area contributed by atoms with Gasteiger partial charge in [0.2, 0.25) is 0 Å². The van der Waals surface area contributed by atoms with E-state index >= 15 is 0 Å². The molecule has 0 aliphatic rings. The van der Waals surface area contributed by atoms with Crippen molar-refractivity contribution in [3.05, 3.63) is 71.5 Å². The van der Waals surface area contributed by atoms with Gasteiger partial charge in [-0.1, -0.05) is 48.5 Å². The van der Waals surface area contributed by atoms with Crippen LogP contribution >= 0.6 is 11.5 Å². The van der Waals surface area contributed by atoms with Gasteiger partial charge in [-0.05, 0) is 29.2 Å². The lowest BCUT2D eigenvalue weighted by molar-refractivity contribution is 0.205. The van der Waals surface area contributed by atoms with E-state index in [2.05, 4.69) is 4.99 Å². The molecule has 1 heterocycles. The minimum Gasteiger partial charge on any atom is -0.463 e. The molecular weight excluding hydrogens is 284 g/mol. The van der Waals surface area contributed by atoms with Gasteiger partial charge in [-0.15, -0.1) is 0 Å². The Labute approximate surface area is 125 Å². The molecular formula is C16H12N2O2S. The predicted octanol–water partition coefficient (Wildman–Crippen LogP) is 3.78. The van der Waals surface area contributed by atoms with Crippen molar-refractivity contribution in [2.75, 3.05) is 0 Å². The number of benzene rings is 2. The van der Waals surface area contributed by atoms with Crippen molar-refractivity contribution in [2.24, 2.45) is 4.99 Å². The van der Waals surface area contributed by atoms with E-state index in [4.69, 9.17) is 5.11 Å². The minimum absolute atomic E-state index is 0.484. The molecule has 0 aliphatic heterocycles. The van der Waals surface area contributed by atoms with Gasteiger partial charge in [0.15, 0.2) is 0 Å². The summed E-state index contributed by atoms with van der Waals surface area (Å²) in [4.78, 5) is 14.6. The maximum Gasteiger partial charge on any atom is 0.432 e. The van der Waals surface area contributed by atoms with Crippen LogP contribution in [-0.2, 0) is 0 Å². The van der Waals surface area contributed by atoms with E-state index in [1.165, 1.54) is 11.5 Å². The van der Waals surface area contributed by atoms with Gasteiger partial charge in [0, 0.05) is 11.8 Å². The van der Waals surface area contributed by atoms with E-state index < -0.39 is 6.09 Å². The number of rotatable bonds is 2. The van der Waals surface area contributed by atoms with Crippen molar-refractivity contribution in [1.29, 1.82) is 0 Å². The number of hydrogen-bond acceptors (Lipinski definition) is 2. The summed E-state index contributed by atoms with van der Waals surface area (Å²) < 4.78 is 2.40. The third-order valence-electron chi connectivity index (χ3n) is 2.95. The van der Waals surface area contributed by atoms with Crippen LogP contribution in [-0.4, -0.2) is 15.2 Å². The molecule has 1 aromatic heterocycles. The fourth-order valence-electron chi connectivity index (χ4n) is 2.03. The van der Waals surface area contributed by atoms with Crippen molar-refractivity contribution in [3.8, 4) is 16.8 Å². The summed E-state index contributed by atoms with van der Waals surface area (Å²) in [5.41, 5.74) is 2.74. The average Bonchev–Trinajstić information content (AvgIpc) is 2.92. The van der Waals surface area contributed by atoms with Crippen LogP contribution in [0.15, 0.2) is 71.9 Å². The van der Waals surface area contributed by atoms with Gasteiger partial charge in [0.25, 0.3) is 0 Å². The quantitative estimate of drug-likeness (QED) is 0.782. The van der Waals surface area contributed by atoms with Crippen LogP contribution in [0.4, 0.5) is 4.79 Å². The SMILES string of the molecule is O=C(O)/N=c1\sn(-c2ccccc2)cc1-c1ccccc1. The third kappa shape index (κ3) is 2.93. The second-order valence-electron chi connectivity index (χ2n) is 4.36. The largest absolute Gasteiger partial charge is 0.463 e. The van der Waals surface area contributed by atoms with Crippen LogP contribution in [0, 0.1) is 0 Å². The van der Waals surface area contributed by atoms with Gasteiger partial charge in [-0.25, -0.2) is 4.79 Å². The first kappa shape index (κ1) is 13.3. The Kier molecular flexibility index (Phi) is 3.66. The molecule has 5 heteroatoms. The number of carboxylic acid groups (broad SMARTS) is 1. The van der Waals surface area contributed by atoms with E-state index in [0.717, 1.165) is 16.8 Å². The molecule has 0 saturated heterocycles. The van der Waals surface area contributed by atoms with Gasteiger partial charge < -0.3 is 5.11 Å². The zero-order chi connectivity index (χ0) is 14.7. The van der Waals surface area contributed by atoms with Crippen molar-refractivity contribution in [3.63, 3.8) is 0 Å². The first-order valence-corrected chi connectivity index (χ1v) is 7.13. The van der Waals surface area contributed by atoms with Crippen molar-refractivity contribution < 1.29 is 9.90 Å². The molecule has 0 radical (unpaired) electrons. The highest BCUT2D eigenvalue weighted by atomic mass is 32.1. The molecule has 3 aromatic rings.